The van der Waals surface area contributed by atoms with Gasteiger partial charge < -0.3 is 24.1 Å². The number of hydrogen-bond acceptors (Lipinski definition) is 4. The molecule has 158 valence electrons. The molecule has 0 unspecified atom stereocenters. The molecule has 0 saturated carbocycles. The first-order valence-electron chi connectivity index (χ1n) is 10.3. The molecule has 1 N–H and O–H groups in total. The van der Waals surface area contributed by atoms with Crippen LogP contribution in [-0.2, 0) is 0 Å². The average molecular weight is 408 g/mol. The van der Waals surface area contributed by atoms with Gasteiger partial charge in [-0.25, -0.2) is 0 Å². The highest BCUT2D eigenvalue weighted by atomic mass is 16.5. The molecule has 2 aromatic carbocycles. The summed E-state index contributed by atoms with van der Waals surface area (Å²) in [6.45, 7) is 0.741. The van der Waals surface area contributed by atoms with Crippen LogP contribution >= 0.6 is 0 Å². The summed E-state index contributed by atoms with van der Waals surface area (Å²) in [5, 5.41) is 0.894. The van der Waals surface area contributed by atoms with Crippen LogP contribution in [0.1, 0.15) is 47.8 Å². The van der Waals surface area contributed by atoms with E-state index in [1.165, 1.54) is 0 Å². The third-order valence-electron chi connectivity index (χ3n) is 5.87. The van der Waals surface area contributed by atoms with E-state index in [4.69, 9.17) is 14.2 Å². The Bertz CT molecular complexity index is 1030. The van der Waals surface area contributed by atoms with E-state index in [2.05, 4.69) is 17.1 Å². The molecule has 30 heavy (non-hydrogen) atoms. The van der Waals surface area contributed by atoms with Gasteiger partial charge in [0.15, 0.2) is 0 Å². The highest BCUT2D eigenvalue weighted by Gasteiger charge is 2.29. The number of fused-ring (bicyclic) bond motifs is 1. The number of methoxy groups -OCH3 is 3. The summed E-state index contributed by atoms with van der Waals surface area (Å²) in [5.41, 5.74) is 2.51. The van der Waals surface area contributed by atoms with Crippen LogP contribution in [0, 0.1) is 0 Å². The van der Waals surface area contributed by atoms with Gasteiger partial charge in [0, 0.05) is 18.0 Å². The van der Waals surface area contributed by atoms with Crippen LogP contribution in [0.3, 0.4) is 0 Å². The number of carbonyl (C=O) groups excluding carboxylic acids is 1. The van der Waals surface area contributed by atoms with Crippen molar-refractivity contribution >= 4 is 16.8 Å². The Morgan fingerprint density at radius 1 is 0.933 bits per heavy atom. The number of rotatable bonds is 5. The van der Waals surface area contributed by atoms with Crippen molar-refractivity contribution in [3.8, 4) is 17.2 Å². The van der Waals surface area contributed by atoms with Crippen molar-refractivity contribution in [1.29, 1.82) is 0 Å². The van der Waals surface area contributed by atoms with Gasteiger partial charge in [0.05, 0.1) is 32.9 Å². The lowest BCUT2D eigenvalue weighted by atomic mass is 10.0. The molecule has 1 aliphatic rings. The lowest BCUT2D eigenvalue weighted by molar-refractivity contribution is 0.0676. The Morgan fingerprint density at radius 3 is 2.40 bits per heavy atom. The van der Waals surface area contributed by atoms with Gasteiger partial charge in [0.2, 0.25) is 0 Å². The van der Waals surface area contributed by atoms with Crippen LogP contribution in [0.4, 0.5) is 0 Å². The highest BCUT2D eigenvalue weighted by Crippen LogP contribution is 2.35. The van der Waals surface area contributed by atoms with Crippen molar-refractivity contribution in [2.75, 3.05) is 27.9 Å². The fourth-order valence-corrected chi connectivity index (χ4v) is 4.26. The second-order valence-electron chi connectivity index (χ2n) is 7.61. The number of hydrogen-bond donors (Lipinski definition) is 1. The standard InChI is InChI=1S/C24H28N2O4/c1-28-18-10-8-16(9-11-18)21-7-5-4-6-12-26(21)24(27)20-14-17-13-19(29-2)15-22(30-3)23(17)25-20/h8-11,13-15,21,25H,4-7,12H2,1-3H3/t21-/m1/s1. The molecular formula is C24H28N2O4. The SMILES string of the molecule is COc1ccc([C@H]2CCCCCN2C(=O)c2cc3cc(OC)cc(OC)c3[nH]2)cc1. The van der Waals surface area contributed by atoms with E-state index in [0.717, 1.165) is 54.4 Å². The number of benzene rings is 2. The number of likely N-dealkylation sites (tertiary alicyclic amines) is 1. The van der Waals surface area contributed by atoms with Gasteiger partial charge >= 0.3 is 0 Å². The Morgan fingerprint density at radius 2 is 1.70 bits per heavy atom. The van der Waals surface area contributed by atoms with E-state index >= 15 is 0 Å². The predicted octanol–water partition coefficient (Wildman–Crippen LogP) is 4.95. The third-order valence-corrected chi connectivity index (χ3v) is 5.87. The van der Waals surface area contributed by atoms with Crippen molar-refractivity contribution < 1.29 is 19.0 Å². The van der Waals surface area contributed by atoms with Crippen LogP contribution in [0.15, 0.2) is 42.5 Å². The number of aromatic amines is 1. The molecule has 6 heteroatoms. The van der Waals surface area contributed by atoms with Gasteiger partial charge in [-0.15, -0.1) is 0 Å². The Labute approximate surface area is 176 Å². The minimum Gasteiger partial charge on any atom is -0.497 e. The Balaban J connectivity index is 1.69. The third kappa shape index (κ3) is 3.82. The molecule has 4 rings (SSSR count). The van der Waals surface area contributed by atoms with Crippen LogP contribution in [-0.4, -0.2) is 43.7 Å². The van der Waals surface area contributed by atoms with Crippen molar-refractivity contribution in [2.45, 2.75) is 31.7 Å². The molecule has 0 spiro atoms. The van der Waals surface area contributed by atoms with E-state index in [9.17, 15) is 4.79 Å². The first-order chi connectivity index (χ1) is 14.6. The van der Waals surface area contributed by atoms with Crippen molar-refractivity contribution in [1.82, 2.24) is 9.88 Å². The molecule has 1 atom stereocenters. The van der Waals surface area contributed by atoms with Gasteiger partial charge in [0.1, 0.15) is 22.9 Å². The number of carbonyl (C=O) groups is 1. The molecular weight excluding hydrogens is 380 g/mol. The predicted molar refractivity (Wildman–Crippen MR) is 117 cm³/mol. The molecule has 2 heterocycles. The van der Waals surface area contributed by atoms with E-state index in [-0.39, 0.29) is 11.9 Å². The Kier molecular flexibility index (Phi) is 5.84. The zero-order valence-corrected chi connectivity index (χ0v) is 17.7. The van der Waals surface area contributed by atoms with Gasteiger partial charge in [-0.1, -0.05) is 25.0 Å². The smallest absolute Gasteiger partial charge is 0.270 e. The van der Waals surface area contributed by atoms with Crippen LogP contribution < -0.4 is 14.2 Å². The molecule has 1 amide bonds. The molecule has 6 nitrogen and oxygen atoms in total. The molecule has 1 saturated heterocycles. The number of aromatic nitrogens is 1. The zero-order valence-electron chi connectivity index (χ0n) is 17.7. The highest BCUT2D eigenvalue weighted by molar-refractivity contribution is 6.00. The molecule has 0 aliphatic carbocycles. The number of amides is 1. The van der Waals surface area contributed by atoms with Crippen LogP contribution in [0.25, 0.3) is 10.9 Å². The van der Waals surface area contributed by atoms with Crippen molar-refractivity contribution in [3.05, 3.63) is 53.7 Å². The molecule has 1 fully saturated rings. The van der Waals surface area contributed by atoms with Crippen LogP contribution in [0.2, 0.25) is 0 Å². The molecule has 1 aliphatic heterocycles. The fourth-order valence-electron chi connectivity index (χ4n) is 4.26. The van der Waals surface area contributed by atoms with Gasteiger partial charge in [0.25, 0.3) is 5.91 Å². The summed E-state index contributed by atoms with van der Waals surface area (Å²) >= 11 is 0. The maximum absolute atomic E-state index is 13.6. The second kappa shape index (κ2) is 8.69. The quantitative estimate of drug-likeness (QED) is 0.649. The summed E-state index contributed by atoms with van der Waals surface area (Å²) in [5.74, 6) is 2.19. The van der Waals surface area contributed by atoms with E-state index in [1.807, 2.05) is 35.2 Å². The van der Waals surface area contributed by atoms with Crippen molar-refractivity contribution in [3.63, 3.8) is 0 Å². The number of nitrogens with one attached hydrogen (secondary N) is 1. The largest absolute Gasteiger partial charge is 0.497 e. The van der Waals surface area contributed by atoms with Crippen molar-refractivity contribution in [2.24, 2.45) is 0 Å². The van der Waals surface area contributed by atoms with E-state index in [0.29, 0.717) is 17.2 Å². The first-order valence-corrected chi connectivity index (χ1v) is 10.3. The van der Waals surface area contributed by atoms with Gasteiger partial charge in [-0.3, -0.25) is 4.79 Å². The summed E-state index contributed by atoms with van der Waals surface area (Å²) < 4.78 is 16.1. The summed E-state index contributed by atoms with van der Waals surface area (Å²) in [6, 6.07) is 13.7. The fraction of sp³-hybridized carbons (Fsp3) is 0.375. The first kappa shape index (κ1) is 20.1. The normalized spacial score (nSPS) is 16.9. The maximum Gasteiger partial charge on any atom is 0.270 e. The monoisotopic (exact) mass is 408 g/mol. The van der Waals surface area contributed by atoms with Gasteiger partial charge in [-0.05, 0) is 42.7 Å². The van der Waals surface area contributed by atoms with E-state index < -0.39 is 0 Å². The number of ether oxygens (including phenoxy) is 3. The van der Waals surface area contributed by atoms with E-state index in [1.54, 1.807) is 21.3 Å². The molecule has 0 radical (unpaired) electrons. The van der Waals surface area contributed by atoms with Gasteiger partial charge in [-0.2, -0.15) is 0 Å². The topological polar surface area (TPSA) is 63.8 Å². The lowest BCUT2D eigenvalue weighted by Gasteiger charge is -2.30. The number of nitrogens with zero attached hydrogens (tertiary/aromatic N) is 1. The lowest BCUT2D eigenvalue weighted by Crippen LogP contribution is -2.35. The summed E-state index contributed by atoms with van der Waals surface area (Å²) in [7, 11) is 4.90. The number of H-pyrrole nitrogens is 1. The maximum atomic E-state index is 13.6. The molecule has 1 aromatic heterocycles. The zero-order chi connectivity index (χ0) is 21.1. The molecule has 3 aromatic rings. The summed E-state index contributed by atoms with van der Waals surface area (Å²) in [4.78, 5) is 18.9. The average Bonchev–Trinajstić information content (AvgIpc) is 3.07. The second-order valence-corrected chi connectivity index (χ2v) is 7.61. The minimum atomic E-state index is 0.00920. The summed E-state index contributed by atoms with van der Waals surface area (Å²) in [6.07, 6.45) is 4.21. The minimum absolute atomic E-state index is 0.00920. The Hall–Kier alpha value is -3.15. The van der Waals surface area contributed by atoms with Crippen LogP contribution in [0.5, 0.6) is 17.2 Å². The molecule has 0 bridgehead atoms.